The molecule has 5 rings (SSSR count). The van der Waals surface area contributed by atoms with Crippen LogP contribution in [0, 0.1) is 11.8 Å². The predicted molar refractivity (Wildman–Crippen MR) is 179 cm³/mol. The fraction of sp³-hybridized carbons (Fsp3) is 0.515. The van der Waals surface area contributed by atoms with Crippen LogP contribution in [0.4, 0.5) is 24.5 Å². The maximum absolute atomic E-state index is 13.7. The van der Waals surface area contributed by atoms with Crippen molar-refractivity contribution >= 4 is 42.0 Å². The number of halogens is 3. The Balaban J connectivity index is 1.28. The zero-order valence-electron chi connectivity index (χ0n) is 26.7. The Morgan fingerprint density at radius 3 is 2.26 bits per heavy atom. The van der Waals surface area contributed by atoms with Gasteiger partial charge in [-0.15, -0.1) is 0 Å². The van der Waals surface area contributed by atoms with Crippen LogP contribution in [0.5, 0.6) is 5.75 Å². The summed E-state index contributed by atoms with van der Waals surface area (Å²) in [7, 11) is -5.03. The van der Waals surface area contributed by atoms with E-state index in [0.717, 1.165) is 50.7 Å². The number of nitrogens with one attached hydrogen (secondary N) is 2. The number of ether oxygens (including phenoxy) is 1. The second-order valence-electron chi connectivity index (χ2n) is 12.5. The van der Waals surface area contributed by atoms with Crippen LogP contribution < -0.4 is 15.4 Å². The highest BCUT2D eigenvalue weighted by Gasteiger charge is 2.33. The number of hydrogen-bond acceptors (Lipinski definition) is 8. The topological polar surface area (TPSA) is 110 Å². The van der Waals surface area contributed by atoms with Gasteiger partial charge in [0.25, 0.3) is 0 Å². The summed E-state index contributed by atoms with van der Waals surface area (Å²) in [4.78, 5) is 2.52. The quantitative estimate of drug-likeness (QED) is 0.290. The number of fused-ring (bicyclic) bond motifs is 1. The number of nitrogens with zero attached hydrogens (tertiary/aromatic N) is 2. The van der Waals surface area contributed by atoms with Crippen LogP contribution in [-0.2, 0) is 26.2 Å². The average Bonchev–Trinajstić information content (AvgIpc) is 3.35. The molecule has 2 N–H and O–H groups in total. The van der Waals surface area contributed by atoms with Crippen LogP contribution in [0.25, 0.3) is 10.9 Å². The SMILES string of the molecule is COc1cc(S(C)(=O)=O)ccc1NCC#Cc1cc2c(N[C@H]3CC[C@H](N4CCC(S(C)(=O)=O)CC4)CC3)cccc2n1CC(F)(F)F. The molecule has 0 amide bonds. The molecular weight excluding hydrogens is 654 g/mol. The van der Waals surface area contributed by atoms with Gasteiger partial charge in [-0.05, 0) is 87.9 Å². The van der Waals surface area contributed by atoms with Gasteiger partial charge in [-0.25, -0.2) is 16.8 Å². The van der Waals surface area contributed by atoms with Crippen LogP contribution in [0.15, 0.2) is 47.4 Å². The van der Waals surface area contributed by atoms with E-state index in [2.05, 4.69) is 27.4 Å². The van der Waals surface area contributed by atoms with E-state index in [1.165, 1.54) is 30.1 Å². The molecule has 2 heterocycles. The third-order valence-electron chi connectivity index (χ3n) is 9.12. The van der Waals surface area contributed by atoms with E-state index in [0.29, 0.717) is 41.2 Å². The summed E-state index contributed by atoms with van der Waals surface area (Å²) in [6.07, 6.45) is 3.06. The molecule has 0 unspecified atom stereocenters. The lowest BCUT2D eigenvalue weighted by Gasteiger charge is -2.40. The Morgan fingerprint density at radius 1 is 0.936 bits per heavy atom. The summed E-state index contributed by atoms with van der Waals surface area (Å²) < 4.78 is 95.2. The van der Waals surface area contributed by atoms with Gasteiger partial charge in [0.2, 0.25) is 0 Å². The standard InChI is InChI=1S/C33H41F3N4O5S2/c1-45-32-21-27(47(3,43)44)13-14-30(32)37-17-5-6-25-20-28-29(7-4-8-31(28)40(25)22-33(34,35)36)38-23-9-11-24(12-10-23)39-18-15-26(16-19-39)46(2,41)42/h4,7-8,13-14,20-21,23-24,26,37-38H,9-12,15-19,22H2,1-3H3/t23-,24-. The van der Waals surface area contributed by atoms with E-state index >= 15 is 0 Å². The highest BCUT2D eigenvalue weighted by molar-refractivity contribution is 7.91. The van der Waals surface area contributed by atoms with E-state index in [1.807, 2.05) is 6.07 Å². The summed E-state index contributed by atoms with van der Waals surface area (Å²) in [6, 6.07) is 12.0. The third-order valence-corrected chi connectivity index (χ3v) is 11.9. The summed E-state index contributed by atoms with van der Waals surface area (Å²) in [5, 5.41) is 7.04. The lowest BCUT2D eigenvalue weighted by atomic mass is 9.89. The molecule has 1 saturated carbocycles. The van der Waals surface area contributed by atoms with Gasteiger partial charge >= 0.3 is 6.18 Å². The van der Waals surface area contributed by atoms with Crippen LogP contribution >= 0.6 is 0 Å². The van der Waals surface area contributed by atoms with Crippen molar-refractivity contribution in [3.63, 3.8) is 0 Å². The van der Waals surface area contributed by atoms with E-state index < -0.39 is 32.4 Å². The minimum absolute atomic E-state index is 0.0857. The maximum Gasteiger partial charge on any atom is 0.406 e. The van der Waals surface area contributed by atoms with Crippen LogP contribution in [0.2, 0.25) is 0 Å². The first-order valence-electron chi connectivity index (χ1n) is 15.6. The number of benzene rings is 2. The van der Waals surface area contributed by atoms with Gasteiger partial charge in [-0.1, -0.05) is 12.0 Å². The molecule has 0 radical (unpaired) electrons. The Hall–Kier alpha value is -3.41. The van der Waals surface area contributed by atoms with Crippen molar-refractivity contribution in [2.24, 2.45) is 0 Å². The van der Waals surface area contributed by atoms with Crippen LogP contribution in [0.3, 0.4) is 0 Å². The van der Waals surface area contributed by atoms with Gasteiger partial charge in [-0.2, -0.15) is 13.2 Å². The molecule has 1 saturated heterocycles. The monoisotopic (exact) mass is 694 g/mol. The fourth-order valence-electron chi connectivity index (χ4n) is 6.66. The lowest BCUT2D eigenvalue weighted by Crippen LogP contribution is -2.46. The molecule has 14 heteroatoms. The predicted octanol–water partition coefficient (Wildman–Crippen LogP) is 5.31. The number of aromatic nitrogens is 1. The van der Waals surface area contributed by atoms with Crippen molar-refractivity contribution in [2.45, 2.75) is 73.5 Å². The molecule has 256 valence electrons. The number of sulfone groups is 2. The van der Waals surface area contributed by atoms with Crippen molar-refractivity contribution in [3.05, 3.63) is 48.2 Å². The first-order chi connectivity index (χ1) is 22.1. The van der Waals surface area contributed by atoms with Gasteiger partial charge in [0.1, 0.15) is 22.1 Å². The number of methoxy groups -OCH3 is 1. The first-order valence-corrected chi connectivity index (χ1v) is 19.5. The summed E-state index contributed by atoms with van der Waals surface area (Å²) >= 11 is 0. The fourth-order valence-corrected chi connectivity index (χ4v) is 8.36. The average molecular weight is 695 g/mol. The second kappa shape index (κ2) is 14.0. The molecule has 1 aromatic heterocycles. The number of likely N-dealkylation sites (tertiary alicyclic amines) is 1. The van der Waals surface area contributed by atoms with Crippen molar-refractivity contribution in [1.29, 1.82) is 0 Å². The largest absolute Gasteiger partial charge is 0.495 e. The molecule has 2 aliphatic rings. The molecule has 9 nitrogen and oxygen atoms in total. The first kappa shape index (κ1) is 34.9. The molecule has 0 bridgehead atoms. The zero-order valence-corrected chi connectivity index (χ0v) is 28.4. The van der Waals surface area contributed by atoms with Crippen molar-refractivity contribution in [2.75, 3.05) is 49.9 Å². The van der Waals surface area contributed by atoms with Crippen molar-refractivity contribution in [1.82, 2.24) is 9.47 Å². The summed E-state index contributed by atoms with van der Waals surface area (Å²) in [5.41, 5.74) is 1.93. The number of anilines is 2. The molecule has 0 spiro atoms. The second-order valence-corrected chi connectivity index (χ2v) is 16.8. The van der Waals surface area contributed by atoms with E-state index in [-0.39, 0.29) is 28.4 Å². The molecule has 47 heavy (non-hydrogen) atoms. The van der Waals surface area contributed by atoms with Gasteiger partial charge < -0.3 is 24.8 Å². The number of piperidine rings is 1. The molecule has 0 atom stereocenters. The summed E-state index contributed by atoms with van der Waals surface area (Å²) in [6.45, 7) is 0.478. The van der Waals surface area contributed by atoms with E-state index in [1.54, 1.807) is 24.3 Å². The highest BCUT2D eigenvalue weighted by Crippen LogP contribution is 2.34. The maximum atomic E-state index is 13.7. The Morgan fingerprint density at radius 2 is 1.64 bits per heavy atom. The minimum atomic E-state index is -4.45. The molecule has 3 aromatic rings. The van der Waals surface area contributed by atoms with E-state index in [4.69, 9.17) is 4.74 Å². The Labute approximate surface area is 274 Å². The number of hydrogen-bond donors (Lipinski definition) is 2. The Kier molecular flexibility index (Phi) is 10.4. The smallest absolute Gasteiger partial charge is 0.406 e. The molecular formula is C33H41F3N4O5S2. The number of rotatable bonds is 9. The van der Waals surface area contributed by atoms with Gasteiger partial charge in [-0.3, -0.25) is 0 Å². The third kappa shape index (κ3) is 8.74. The van der Waals surface area contributed by atoms with Crippen LogP contribution in [0.1, 0.15) is 44.2 Å². The van der Waals surface area contributed by atoms with Gasteiger partial charge in [0.15, 0.2) is 9.84 Å². The van der Waals surface area contributed by atoms with E-state index in [9.17, 15) is 30.0 Å². The molecule has 1 aliphatic heterocycles. The van der Waals surface area contributed by atoms with Crippen molar-refractivity contribution < 1.29 is 34.7 Å². The highest BCUT2D eigenvalue weighted by atomic mass is 32.2. The van der Waals surface area contributed by atoms with Gasteiger partial charge in [0, 0.05) is 41.7 Å². The molecule has 2 aromatic carbocycles. The van der Waals surface area contributed by atoms with Crippen LogP contribution in [-0.4, -0.2) is 89.1 Å². The molecule has 1 aliphatic carbocycles. The Bertz CT molecular complexity index is 1860. The zero-order chi connectivity index (χ0) is 34.0. The molecule has 2 fully saturated rings. The number of alkyl halides is 3. The lowest BCUT2D eigenvalue weighted by molar-refractivity contribution is -0.140. The van der Waals surface area contributed by atoms with Crippen molar-refractivity contribution in [3.8, 4) is 17.6 Å². The van der Waals surface area contributed by atoms with Gasteiger partial charge in [0.05, 0.1) is 40.7 Å². The summed E-state index contributed by atoms with van der Waals surface area (Å²) in [5.74, 6) is 6.10. The normalized spacial score (nSPS) is 20.0. The minimum Gasteiger partial charge on any atom is -0.495 e.